The number of thioether (sulfide) groups is 1. The molecule has 2 aromatic carbocycles. The number of rotatable bonds is 9. The Labute approximate surface area is 195 Å². The van der Waals surface area contributed by atoms with Crippen molar-refractivity contribution < 1.29 is 9.53 Å². The molecule has 9 heteroatoms. The number of aryl methyl sites for hydroxylation is 1. The lowest BCUT2D eigenvalue weighted by molar-refractivity contribution is -0.113. The van der Waals surface area contributed by atoms with Gasteiger partial charge in [0, 0.05) is 6.54 Å². The fourth-order valence-electron chi connectivity index (χ4n) is 2.80. The lowest BCUT2D eigenvalue weighted by Gasteiger charge is -2.16. The number of halogens is 2. The van der Waals surface area contributed by atoms with Gasteiger partial charge in [0.25, 0.3) is 0 Å². The lowest BCUT2D eigenvalue weighted by Crippen LogP contribution is -2.16. The van der Waals surface area contributed by atoms with Crippen LogP contribution in [0.15, 0.2) is 60.3 Å². The average molecular weight is 477 g/mol. The Morgan fingerprint density at radius 1 is 1.26 bits per heavy atom. The van der Waals surface area contributed by atoms with Crippen molar-refractivity contribution in [3.63, 3.8) is 0 Å². The van der Waals surface area contributed by atoms with Gasteiger partial charge in [-0.2, -0.15) is 0 Å². The van der Waals surface area contributed by atoms with E-state index in [1.165, 1.54) is 11.8 Å². The van der Waals surface area contributed by atoms with Gasteiger partial charge in [-0.3, -0.25) is 9.36 Å². The molecule has 162 valence electrons. The zero-order valence-corrected chi connectivity index (χ0v) is 19.5. The van der Waals surface area contributed by atoms with Crippen LogP contribution in [0.1, 0.15) is 24.4 Å². The molecule has 0 aliphatic rings. The Bertz CT molecular complexity index is 1070. The fourth-order valence-corrected chi connectivity index (χ4v) is 3.90. The molecule has 1 aromatic heterocycles. The zero-order chi connectivity index (χ0) is 22.4. The SMILES string of the molecule is C=CCn1c(SCC(=O)Nc2cccc(Cl)c2Cl)nnc1C(C)Oc1ccc(C)cc1. The number of ether oxygens (including phenoxy) is 1. The van der Waals surface area contributed by atoms with Crippen LogP contribution in [0.3, 0.4) is 0 Å². The van der Waals surface area contributed by atoms with Crippen LogP contribution in [0.4, 0.5) is 5.69 Å². The maximum atomic E-state index is 12.4. The number of hydrogen-bond donors (Lipinski definition) is 1. The second-order valence-corrected chi connectivity index (χ2v) is 8.48. The molecule has 31 heavy (non-hydrogen) atoms. The van der Waals surface area contributed by atoms with E-state index in [1.807, 2.05) is 42.7 Å². The minimum Gasteiger partial charge on any atom is -0.483 e. The highest BCUT2D eigenvalue weighted by Gasteiger charge is 2.20. The Morgan fingerprint density at radius 2 is 2.00 bits per heavy atom. The standard InChI is InChI=1S/C22H22Cl2N4O2S/c1-4-12-28-21(15(3)30-16-10-8-14(2)9-11-16)26-27-22(28)31-13-19(29)25-18-7-5-6-17(23)20(18)24/h4-11,15H,1,12-13H2,2-3H3,(H,25,29). The number of carbonyl (C=O) groups excluding carboxylic acids is 1. The number of nitrogens with one attached hydrogen (secondary N) is 1. The first-order valence-corrected chi connectivity index (χ1v) is 11.3. The van der Waals surface area contributed by atoms with Crippen molar-refractivity contribution in [2.45, 2.75) is 31.7 Å². The summed E-state index contributed by atoms with van der Waals surface area (Å²) in [6, 6.07) is 12.9. The number of nitrogens with zero attached hydrogens (tertiary/aromatic N) is 3. The van der Waals surface area contributed by atoms with Crippen molar-refractivity contribution in [3.8, 4) is 5.75 Å². The van der Waals surface area contributed by atoms with E-state index in [1.54, 1.807) is 24.3 Å². The maximum Gasteiger partial charge on any atom is 0.234 e. The number of hydrogen-bond acceptors (Lipinski definition) is 5. The number of aromatic nitrogens is 3. The molecule has 0 aliphatic heterocycles. The third-order valence-electron chi connectivity index (χ3n) is 4.31. The third kappa shape index (κ3) is 6.03. The summed E-state index contributed by atoms with van der Waals surface area (Å²) in [6.45, 7) is 8.23. The predicted octanol–water partition coefficient (Wildman–Crippen LogP) is 5.95. The quantitative estimate of drug-likeness (QED) is 0.305. The van der Waals surface area contributed by atoms with E-state index in [4.69, 9.17) is 27.9 Å². The number of carbonyl (C=O) groups is 1. The van der Waals surface area contributed by atoms with Crippen molar-refractivity contribution in [1.82, 2.24) is 14.8 Å². The van der Waals surface area contributed by atoms with E-state index < -0.39 is 0 Å². The first-order valence-electron chi connectivity index (χ1n) is 9.53. The van der Waals surface area contributed by atoms with Crippen LogP contribution in [0.5, 0.6) is 5.75 Å². The van der Waals surface area contributed by atoms with Crippen LogP contribution in [-0.4, -0.2) is 26.4 Å². The molecule has 6 nitrogen and oxygen atoms in total. The van der Waals surface area contributed by atoms with Crippen molar-refractivity contribution in [3.05, 3.63) is 76.6 Å². The number of anilines is 1. The van der Waals surface area contributed by atoms with Crippen molar-refractivity contribution in [2.75, 3.05) is 11.1 Å². The number of allylic oxidation sites excluding steroid dienone is 1. The Balaban J connectivity index is 1.68. The van der Waals surface area contributed by atoms with Crippen LogP contribution in [0.2, 0.25) is 10.0 Å². The monoisotopic (exact) mass is 476 g/mol. The Hall–Kier alpha value is -2.48. The third-order valence-corrected chi connectivity index (χ3v) is 6.10. The fraction of sp³-hybridized carbons (Fsp3) is 0.227. The molecular weight excluding hydrogens is 455 g/mol. The van der Waals surface area contributed by atoms with Gasteiger partial charge in [0.15, 0.2) is 17.1 Å². The molecule has 0 bridgehead atoms. The summed E-state index contributed by atoms with van der Waals surface area (Å²) >= 11 is 13.4. The second-order valence-electron chi connectivity index (χ2n) is 6.75. The van der Waals surface area contributed by atoms with E-state index in [9.17, 15) is 4.79 Å². The summed E-state index contributed by atoms with van der Waals surface area (Å²) in [4.78, 5) is 12.4. The first kappa shape index (κ1) is 23.2. The van der Waals surface area contributed by atoms with Crippen LogP contribution < -0.4 is 10.1 Å². The minimum absolute atomic E-state index is 0.130. The molecule has 0 saturated carbocycles. The van der Waals surface area contributed by atoms with Crippen LogP contribution >= 0.6 is 35.0 Å². The molecule has 0 saturated heterocycles. The van der Waals surface area contributed by atoms with Gasteiger partial charge in [0.05, 0.1) is 21.5 Å². The highest BCUT2D eigenvalue weighted by Crippen LogP contribution is 2.30. The highest BCUT2D eigenvalue weighted by molar-refractivity contribution is 7.99. The molecule has 0 fully saturated rings. The molecule has 1 amide bonds. The molecule has 1 unspecified atom stereocenters. The van der Waals surface area contributed by atoms with Gasteiger partial charge in [0.1, 0.15) is 5.75 Å². The van der Waals surface area contributed by atoms with E-state index in [-0.39, 0.29) is 17.8 Å². The normalized spacial score (nSPS) is 11.7. The van der Waals surface area contributed by atoms with E-state index in [0.717, 1.165) is 11.3 Å². The smallest absolute Gasteiger partial charge is 0.234 e. The van der Waals surface area contributed by atoms with Gasteiger partial charge >= 0.3 is 0 Å². The van der Waals surface area contributed by atoms with E-state index >= 15 is 0 Å². The van der Waals surface area contributed by atoms with E-state index in [0.29, 0.717) is 33.3 Å². The zero-order valence-electron chi connectivity index (χ0n) is 17.1. The largest absolute Gasteiger partial charge is 0.483 e. The van der Waals surface area contributed by atoms with Gasteiger partial charge in [-0.05, 0) is 38.1 Å². The summed E-state index contributed by atoms with van der Waals surface area (Å²) in [7, 11) is 0. The van der Waals surface area contributed by atoms with Crippen molar-refractivity contribution >= 4 is 46.6 Å². The predicted molar refractivity (Wildman–Crippen MR) is 126 cm³/mol. The Morgan fingerprint density at radius 3 is 2.71 bits per heavy atom. The molecule has 0 radical (unpaired) electrons. The van der Waals surface area contributed by atoms with Crippen LogP contribution in [-0.2, 0) is 11.3 Å². The number of amides is 1. The summed E-state index contributed by atoms with van der Waals surface area (Å²) in [5, 5.41) is 12.6. The maximum absolute atomic E-state index is 12.4. The molecule has 0 aliphatic carbocycles. The molecule has 3 rings (SSSR count). The minimum atomic E-state index is -0.330. The lowest BCUT2D eigenvalue weighted by atomic mass is 10.2. The first-order chi connectivity index (χ1) is 14.9. The van der Waals surface area contributed by atoms with Crippen LogP contribution in [0, 0.1) is 6.92 Å². The van der Waals surface area contributed by atoms with E-state index in [2.05, 4.69) is 22.1 Å². The molecule has 1 atom stereocenters. The summed E-state index contributed by atoms with van der Waals surface area (Å²) in [6.07, 6.45) is 1.42. The summed E-state index contributed by atoms with van der Waals surface area (Å²) < 4.78 is 7.90. The molecule has 1 heterocycles. The van der Waals surface area contributed by atoms with Gasteiger partial charge in [-0.1, -0.05) is 64.8 Å². The van der Waals surface area contributed by atoms with Crippen molar-refractivity contribution in [1.29, 1.82) is 0 Å². The summed E-state index contributed by atoms with van der Waals surface area (Å²) in [5.41, 5.74) is 1.62. The molecule has 1 N–H and O–H groups in total. The van der Waals surface area contributed by atoms with Crippen molar-refractivity contribution in [2.24, 2.45) is 0 Å². The van der Waals surface area contributed by atoms with Crippen LogP contribution in [0.25, 0.3) is 0 Å². The van der Waals surface area contributed by atoms with Gasteiger partial charge in [0.2, 0.25) is 5.91 Å². The molecule has 3 aromatic rings. The molecular formula is C22H22Cl2N4O2S. The van der Waals surface area contributed by atoms with Gasteiger partial charge in [-0.25, -0.2) is 0 Å². The number of benzene rings is 2. The Kier molecular flexibility index (Phi) is 8.01. The molecule has 0 spiro atoms. The topological polar surface area (TPSA) is 69.0 Å². The second kappa shape index (κ2) is 10.7. The van der Waals surface area contributed by atoms with Gasteiger partial charge < -0.3 is 10.1 Å². The van der Waals surface area contributed by atoms with Gasteiger partial charge in [-0.15, -0.1) is 16.8 Å². The highest BCUT2D eigenvalue weighted by atomic mass is 35.5. The average Bonchev–Trinajstić information content (AvgIpc) is 3.14. The summed E-state index contributed by atoms with van der Waals surface area (Å²) in [5.74, 6) is 1.30.